The lowest BCUT2D eigenvalue weighted by Crippen LogP contribution is -2.32. The highest BCUT2D eigenvalue weighted by Gasteiger charge is 2.41. The molecule has 0 saturated heterocycles. The summed E-state index contributed by atoms with van der Waals surface area (Å²) in [6, 6.07) is 2.49. The van der Waals surface area contributed by atoms with Gasteiger partial charge in [-0.25, -0.2) is 26.9 Å². The van der Waals surface area contributed by atoms with Crippen molar-refractivity contribution >= 4 is 15.9 Å². The highest BCUT2D eigenvalue weighted by molar-refractivity contribution is 7.90. The predicted molar refractivity (Wildman–Crippen MR) is 99.7 cm³/mol. The zero-order valence-electron chi connectivity index (χ0n) is 16.6. The average molecular weight is 513 g/mol. The molecule has 0 aliphatic heterocycles. The first-order valence-corrected chi connectivity index (χ1v) is 10.3. The number of rotatable bonds is 4. The smallest absolute Gasteiger partial charge is 0.333 e. The summed E-state index contributed by atoms with van der Waals surface area (Å²) in [5, 5.41) is 0. The van der Waals surface area contributed by atoms with Crippen molar-refractivity contribution in [3.63, 3.8) is 0 Å². The molecule has 3 aromatic rings. The molecule has 1 N–H and O–H groups in total. The van der Waals surface area contributed by atoms with E-state index < -0.39 is 73.0 Å². The lowest BCUT2D eigenvalue weighted by Gasteiger charge is -2.16. The number of carbonyl (C=O) groups excluding carboxylic acids is 1. The molecule has 0 saturated carbocycles. The molecule has 6 nitrogen and oxygen atoms in total. The number of halogens is 8. The monoisotopic (exact) mass is 513 g/mol. The Bertz CT molecular complexity index is 1360. The van der Waals surface area contributed by atoms with Crippen molar-refractivity contribution in [2.45, 2.75) is 17.2 Å². The summed E-state index contributed by atoms with van der Waals surface area (Å²) in [6.45, 7) is 0. The van der Waals surface area contributed by atoms with Gasteiger partial charge in [-0.2, -0.15) is 26.3 Å². The van der Waals surface area contributed by atoms with E-state index in [0.29, 0.717) is 0 Å². The first-order valence-electron chi connectivity index (χ1n) is 8.85. The third kappa shape index (κ3) is 4.88. The Labute approximate surface area is 185 Å². The van der Waals surface area contributed by atoms with E-state index in [4.69, 9.17) is 0 Å². The minimum absolute atomic E-state index is 0.0393. The Morgan fingerprint density at radius 2 is 1.56 bits per heavy atom. The Hall–Kier alpha value is -3.49. The molecule has 0 bridgehead atoms. The standard InChI is InChI=1S/C19H11F8N3O3S/c1-30-8-13(28-16(30)15-11(20)3-2-4-12(15)21)17(31)29-34(32,33)14-7-9(18(22,23)24)5-6-10(14)19(25,26)27/h2-8H,1H3,(H,29,31). The number of nitrogens with zero attached hydrogens (tertiary/aromatic N) is 2. The maximum absolute atomic E-state index is 14.0. The molecule has 0 atom stereocenters. The molecule has 1 aromatic heterocycles. The van der Waals surface area contributed by atoms with Crippen molar-refractivity contribution in [3.05, 3.63) is 71.1 Å². The van der Waals surface area contributed by atoms with Gasteiger partial charge in [0.05, 0.1) is 16.7 Å². The number of benzene rings is 2. The van der Waals surface area contributed by atoms with Crippen LogP contribution in [0, 0.1) is 11.6 Å². The Balaban J connectivity index is 2.03. The predicted octanol–water partition coefficient (Wildman–Crippen LogP) is 4.52. The van der Waals surface area contributed by atoms with E-state index in [1.54, 1.807) is 0 Å². The molecule has 3 rings (SSSR count). The first kappa shape index (κ1) is 25.1. The number of nitrogens with one attached hydrogen (secondary N) is 1. The summed E-state index contributed by atoms with van der Waals surface area (Å²) in [5.41, 5.74) is -5.12. The van der Waals surface area contributed by atoms with E-state index in [2.05, 4.69) is 4.98 Å². The van der Waals surface area contributed by atoms with Crippen LogP contribution in [0.3, 0.4) is 0 Å². The molecule has 0 spiro atoms. The minimum Gasteiger partial charge on any atom is -0.333 e. The van der Waals surface area contributed by atoms with Crippen molar-refractivity contribution in [2.75, 3.05) is 0 Å². The van der Waals surface area contributed by atoms with Crippen LogP contribution in [0.15, 0.2) is 47.5 Å². The average Bonchev–Trinajstić information content (AvgIpc) is 3.07. The van der Waals surface area contributed by atoms with Gasteiger partial charge in [-0.05, 0) is 30.3 Å². The maximum atomic E-state index is 14.0. The van der Waals surface area contributed by atoms with E-state index in [0.717, 1.165) is 29.0 Å². The quantitative estimate of drug-likeness (QED) is 0.521. The highest BCUT2D eigenvalue weighted by Crippen LogP contribution is 2.38. The van der Waals surface area contributed by atoms with Crippen molar-refractivity contribution in [3.8, 4) is 11.4 Å². The summed E-state index contributed by atoms with van der Waals surface area (Å²) in [5.74, 6) is -4.27. The van der Waals surface area contributed by atoms with Gasteiger partial charge in [0.25, 0.3) is 15.9 Å². The van der Waals surface area contributed by atoms with E-state index in [1.165, 1.54) is 11.8 Å². The van der Waals surface area contributed by atoms with Crippen LogP contribution in [0.25, 0.3) is 11.4 Å². The van der Waals surface area contributed by atoms with Gasteiger partial charge in [-0.15, -0.1) is 0 Å². The zero-order valence-corrected chi connectivity index (χ0v) is 17.4. The second-order valence-corrected chi connectivity index (χ2v) is 8.45. The molecule has 0 aliphatic rings. The molecule has 2 aromatic carbocycles. The lowest BCUT2D eigenvalue weighted by atomic mass is 10.1. The van der Waals surface area contributed by atoms with Gasteiger partial charge >= 0.3 is 12.4 Å². The maximum Gasteiger partial charge on any atom is 0.417 e. The normalized spacial score (nSPS) is 12.6. The number of alkyl halides is 6. The number of hydrogen-bond acceptors (Lipinski definition) is 4. The van der Waals surface area contributed by atoms with Gasteiger partial charge in [-0.1, -0.05) is 6.07 Å². The van der Waals surface area contributed by atoms with Crippen LogP contribution in [0.4, 0.5) is 35.1 Å². The Morgan fingerprint density at radius 3 is 2.09 bits per heavy atom. The molecular weight excluding hydrogens is 502 g/mol. The van der Waals surface area contributed by atoms with Crippen molar-refractivity contribution in [1.82, 2.24) is 14.3 Å². The molecule has 1 amide bonds. The fraction of sp³-hybridized carbons (Fsp3) is 0.158. The van der Waals surface area contributed by atoms with Gasteiger partial charge in [0.2, 0.25) is 0 Å². The second kappa shape index (κ2) is 8.38. The summed E-state index contributed by atoms with van der Waals surface area (Å²) < 4.78 is 134. The topological polar surface area (TPSA) is 81.1 Å². The number of carbonyl (C=O) groups is 1. The van der Waals surface area contributed by atoms with Crippen molar-refractivity contribution in [1.29, 1.82) is 0 Å². The molecule has 15 heteroatoms. The van der Waals surface area contributed by atoms with Gasteiger partial charge < -0.3 is 4.57 Å². The van der Waals surface area contributed by atoms with E-state index >= 15 is 0 Å². The number of imidazole rings is 1. The van der Waals surface area contributed by atoms with Crippen LogP contribution in [-0.4, -0.2) is 23.9 Å². The third-order valence-electron chi connectivity index (χ3n) is 4.43. The SMILES string of the molecule is Cn1cc(C(=O)NS(=O)(=O)c2cc(C(F)(F)F)ccc2C(F)(F)F)nc1-c1c(F)cccc1F. The van der Waals surface area contributed by atoms with E-state index in [-0.39, 0.29) is 18.2 Å². The number of hydrogen-bond donors (Lipinski definition) is 1. The van der Waals surface area contributed by atoms with Gasteiger partial charge in [0, 0.05) is 13.2 Å². The molecule has 34 heavy (non-hydrogen) atoms. The van der Waals surface area contributed by atoms with Crippen molar-refractivity contribution < 1.29 is 48.3 Å². The second-order valence-electron chi connectivity index (χ2n) is 6.80. The summed E-state index contributed by atoms with van der Waals surface area (Å²) >= 11 is 0. The first-order chi connectivity index (χ1) is 15.5. The van der Waals surface area contributed by atoms with Crippen LogP contribution in [0.2, 0.25) is 0 Å². The number of amides is 1. The zero-order chi connectivity index (χ0) is 25.6. The van der Waals surface area contributed by atoms with Crippen LogP contribution in [-0.2, 0) is 29.4 Å². The molecule has 1 heterocycles. The minimum atomic E-state index is -5.51. The van der Waals surface area contributed by atoms with E-state index in [1.807, 2.05) is 0 Å². The molecule has 182 valence electrons. The summed E-state index contributed by atoms with van der Waals surface area (Å²) in [4.78, 5) is 14.2. The number of sulfonamides is 1. The molecule has 0 aliphatic carbocycles. The lowest BCUT2D eigenvalue weighted by molar-refractivity contribution is -0.143. The summed E-state index contributed by atoms with van der Waals surface area (Å²) in [6.07, 6.45) is -9.74. The fourth-order valence-electron chi connectivity index (χ4n) is 2.90. The molecule has 0 fully saturated rings. The largest absolute Gasteiger partial charge is 0.417 e. The molecule has 0 unspecified atom stereocenters. The fourth-order valence-corrected chi connectivity index (χ4v) is 4.12. The molecular formula is C19H11F8N3O3S. The summed E-state index contributed by atoms with van der Waals surface area (Å²) in [7, 11) is -4.32. The van der Waals surface area contributed by atoms with Crippen molar-refractivity contribution in [2.24, 2.45) is 7.05 Å². The Morgan fingerprint density at radius 1 is 0.971 bits per heavy atom. The van der Waals surface area contributed by atoms with Gasteiger partial charge in [0.15, 0.2) is 0 Å². The number of aromatic nitrogens is 2. The van der Waals surface area contributed by atoms with Gasteiger partial charge in [-0.3, -0.25) is 4.79 Å². The highest BCUT2D eigenvalue weighted by atomic mass is 32.2. The molecule has 0 radical (unpaired) electrons. The Kier molecular flexibility index (Phi) is 6.19. The van der Waals surface area contributed by atoms with Gasteiger partial charge in [0.1, 0.15) is 28.0 Å². The van der Waals surface area contributed by atoms with Crippen LogP contribution in [0.1, 0.15) is 21.6 Å². The van der Waals surface area contributed by atoms with Crippen LogP contribution >= 0.6 is 0 Å². The van der Waals surface area contributed by atoms with E-state index in [9.17, 15) is 48.3 Å². The number of aryl methyl sites for hydroxylation is 1. The van der Waals surface area contributed by atoms with Crippen LogP contribution in [0.5, 0.6) is 0 Å². The third-order valence-corrected chi connectivity index (χ3v) is 5.80. The van der Waals surface area contributed by atoms with Crippen LogP contribution < -0.4 is 4.72 Å².